The number of imide groups is 1. The van der Waals surface area contributed by atoms with Crippen LogP contribution in [0.1, 0.15) is 30.9 Å². The maximum Gasteiger partial charge on any atom is 0.347 e. The van der Waals surface area contributed by atoms with E-state index in [0.29, 0.717) is 16.6 Å². The van der Waals surface area contributed by atoms with Gasteiger partial charge in [0.1, 0.15) is 5.75 Å². The Morgan fingerprint density at radius 1 is 0.897 bits per heavy atom. The second-order valence-corrected chi connectivity index (χ2v) is 10.8. The molecule has 4 aromatic rings. The Hall–Kier alpha value is -4.66. The SMILES string of the molecule is Cn1c(=O)n2n(c1=O)[C@@H]1C[C@H]3C(=O)N(c4ccccc4)C(=O)[C@@]3(C)[C@@H](c3ccc4ccccc4c3O)C1=CC2. The molecule has 1 saturated carbocycles. The summed E-state index contributed by atoms with van der Waals surface area (Å²) in [6, 6.07) is 19.4. The van der Waals surface area contributed by atoms with E-state index in [2.05, 4.69) is 0 Å². The summed E-state index contributed by atoms with van der Waals surface area (Å²) >= 11 is 0. The number of para-hydroxylation sites is 1. The smallest absolute Gasteiger partial charge is 0.347 e. The van der Waals surface area contributed by atoms with Crippen molar-refractivity contribution < 1.29 is 14.7 Å². The summed E-state index contributed by atoms with van der Waals surface area (Å²) in [5, 5.41) is 13.1. The van der Waals surface area contributed by atoms with Crippen LogP contribution < -0.4 is 16.3 Å². The number of carbonyl (C=O) groups excluding carboxylic acids is 2. The van der Waals surface area contributed by atoms with Crippen LogP contribution in [-0.2, 0) is 23.2 Å². The van der Waals surface area contributed by atoms with Crippen molar-refractivity contribution in [1.82, 2.24) is 13.9 Å². The minimum absolute atomic E-state index is 0.0430. The molecule has 9 heteroatoms. The summed E-state index contributed by atoms with van der Waals surface area (Å²) in [7, 11) is 1.43. The minimum atomic E-state index is -1.23. The maximum absolute atomic E-state index is 14.3. The van der Waals surface area contributed by atoms with E-state index in [0.717, 1.165) is 15.5 Å². The molecule has 39 heavy (non-hydrogen) atoms. The van der Waals surface area contributed by atoms with Crippen molar-refractivity contribution in [2.24, 2.45) is 18.4 Å². The van der Waals surface area contributed by atoms with Crippen LogP contribution in [0.25, 0.3) is 10.8 Å². The van der Waals surface area contributed by atoms with Gasteiger partial charge in [-0.15, -0.1) is 0 Å². The number of carbonyl (C=O) groups is 2. The molecular formula is C30H26N4O5. The molecule has 7 rings (SSSR count). The van der Waals surface area contributed by atoms with Gasteiger partial charge in [0, 0.05) is 23.9 Å². The molecule has 3 heterocycles. The number of hydrogen-bond acceptors (Lipinski definition) is 5. The number of fused-ring (bicyclic) bond motifs is 5. The lowest BCUT2D eigenvalue weighted by molar-refractivity contribution is -0.129. The largest absolute Gasteiger partial charge is 0.507 e. The summed E-state index contributed by atoms with van der Waals surface area (Å²) < 4.78 is 3.86. The van der Waals surface area contributed by atoms with Gasteiger partial charge in [-0.25, -0.2) is 28.4 Å². The first-order valence-corrected chi connectivity index (χ1v) is 13.0. The predicted molar refractivity (Wildman–Crippen MR) is 145 cm³/mol. The van der Waals surface area contributed by atoms with Crippen molar-refractivity contribution >= 4 is 28.3 Å². The molecule has 1 aliphatic carbocycles. The number of anilines is 1. The Balaban J connectivity index is 1.50. The fraction of sp³-hybridized carbons (Fsp3) is 0.267. The number of phenols is 1. The van der Waals surface area contributed by atoms with Crippen molar-refractivity contribution in [2.75, 3.05) is 4.90 Å². The molecule has 1 saturated heterocycles. The van der Waals surface area contributed by atoms with E-state index < -0.39 is 34.7 Å². The highest BCUT2D eigenvalue weighted by atomic mass is 16.3. The lowest BCUT2D eigenvalue weighted by Gasteiger charge is -2.47. The molecule has 2 fully saturated rings. The Kier molecular flexibility index (Phi) is 4.77. The quantitative estimate of drug-likeness (QED) is 0.322. The lowest BCUT2D eigenvalue weighted by Crippen LogP contribution is -2.49. The molecule has 3 aromatic carbocycles. The number of allylic oxidation sites excluding steroid dienone is 2. The molecule has 0 radical (unpaired) electrons. The molecule has 1 aromatic heterocycles. The second kappa shape index (κ2) is 7.92. The summed E-state index contributed by atoms with van der Waals surface area (Å²) in [4.78, 5) is 55.7. The van der Waals surface area contributed by atoms with Crippen LogP contribution in [0.2, 0.25) is 0 Å². The van der Waals surface area contributed by atoms with Crippen LogP contribution in [0, 0.1) is 11.3 Å². The molecular weight excluding hydrogens is 496 g/mol. The van der Waals surface area contributed by atoms with E-state index in [1.54, 1.807) is 31.2 Å². The summed E-state index contributed by atoms with van der Waals surface area (Å²) in [6.07, 6.45) is 2.07. The van der Waals surface area contributed by atoms with Crippen molar-refractivity contribution in [2.45, 2.75) is 31.8 Å². The first kappa shape index (κ1) is 23.5. The van der Waals surface area contributed by atoms with E-state index in [4.69, 9.17) is 0 Å². The Morgan fingerprint density at radius 3 is 2.38 bits per heavy atom. The van der Waals surface area contributed by atoms with Crippen LogP contribution in [0.3, 0.4) is 0 Å². The highest BCUT2D eigenvalue weighted by molar-refractivity contribution is 6.24. The van der Waals surface area contributed by atoms with E-state index in [1.807, 2.05) is 48.5 Å². The van der Waals surface area contributed by atoms with Gasteiger partial charge >= 0.3 is 11.4 Å². The van der Waals surface area contributed by atoms with Crippen molar-refractivity contribution in [3.63, 3.8) is 0 Å². The van der Waals surface area contributed by atoms with Crippen LogP contribution in [0.5, 0.6) is 5.75 Å². The zero-order valence-corrected chi connectivity index (χ0v) is 21.4. The van der Waals surface area contributed by atoms with Gasteiger partial charge in [-0.3, -0.25) is 9.59 Å². The third-order valence-electron chi connectivity index (χ3n) is 8.99. The Labute approximate surface area is 222 Å². The molecule has 2 amide bonds. The van der Waals surface area contributed by atoms with E-state index >= 15 is 0 Å². The molecule has 0 spiro atoms. The van der Waals surface area contributed by atoms with Crippen LogP contribution >= 0.6 is 0 Å². The third-order valence-corrected chi connectivity index (χ3v) is 8.99. The van der Waals surface area contributed by atoms with Gasteiger partial charge in [0.15, 0.2) is 0 Å². The minimum Gasteiger partial charge on any atom is -0.507 e. The van der Waals surface area contributed by atoms with Crippen LogP contribution in [0.4, 0.5) is 5.69 Å². The van der Waals surface area contributed by atoms with Crippen molar-refractivity contribution in [1.29, 1.82) is 0 Å². The van der Waals surface area contributed by atoms with Crippen molar-refractivity contribution in [3.05, 3.63) is 105 Å². The van der Waals surface area contributed by atoms with Gasteiger partial charge in [0.05, 0.1) is 29.6 Å². The molecule has 0 bridgehead atoms. The molecule has 3 aliphatic rings. The predicted octanol–water partition coefficient (Wildman–Crippen LogP) is 3.07. The van der Waals surface area contributed by atoms with Gasteiger partial charge in [-0.1, -0.05) is 60.7 Å². The molecule has 196 valence electrons. The monoisotopic (exact) mass is 522 g/mol. The van der Waals surface area contributed by atoms with E-state index in [1.165, 1.54) is 21.3 Å². The Bertz CT molecular complexity index is 1860. The summed E-state index contributed by atoms with van der Waals surface area (Å²) in [5.74, 6) is -2.13. The van der Waals surface area contributed by atoms with Crippen molar-refractivity contribution in [3.8, 4) is 5.75 Å². The number of rotatable bonds is 2. The van der Waals surface area contributed by atoms with Gasteiger partial charge < -0.3 is 5.11 Å². The van der Waals surface area contributed by atoms with Crippen LogP contribution in [0.15, 0.2) is 88.0 Å². The molecule has 4 atom stereocenters. The number of amides is 2. The molecule has 9 nitrogen and oxygen atoms in total. The molecule has 2 aliphatic heterocycles. The summed E-state index contributed by atoms with van der Waals surface area (Å²) in [5.41, 5.74) is -0.381. The highest BCUT2D eigenvalue weighted by Crippen LogP contribution is 2.62. The van der Waals surface area contributed by atoms with E-state index in [-0.39, 0.29) is 30.5 Å². The van der Waals surface area contributed by atoms with Gasteiger partial charge in [0.2, 0.25) is 11.8 Å². The zero-order chi connectivity index (χ0) is 27.2. The number of benzene rings is 3. The number of phenolic OH excluding ortho intramolecular Hbond substituents is 1. The molecule has 0 unspecified atom stereocenters. The fourth-order valence-electron chi connectivity index (χ4n) is 7.06. The molecule has 1 N–H and O–H groups in total. The number of aromatic nitrogens is 3. The topological polar surface area (TPSA) is 107 Å². The van der Waals surface area contributed by atoms with Gasteiger partial charge in [0.25, 0.3) is 0 Å². The number of nitrogens with zero attached hydrogens (tertiary/aromatic N) is 4. The van der Waals surface area contributed by atoms with Gasteiger partial charge in [-0.05, 0) is 36.4 Å². The average Bonchev–Trinajstić information content (AvgIpc) is 3.29. The highest BCUT2D eigenvalue weighted by Gasteiger charge is 2.65. The van der Waals surface area contributed by atoms with E-state index in [9.17, 15) is 24.3 Å². The standard InChI is InChI=1S/C30H26N4O5/c1-30-22(26(36)33(27(30)37)18-9-4-3-5-10-18)16-23-20(14-15-32-28(38)31(2)29(39)34(23)32)24(30)21-13-12-17-8-6-7-11-19(17)25(21)35/h3-14,22-24,35H,15-16H2,1-2H3/t22-,23+,24+,30+/m0/s1. The first-order chi connectivity index (χ1) is 18.7. The van der Waals surface area contributed by atoms with Gasteiger partial charge in [-0.2, -0.15) is 0 Å². The third kappa shape index (κ3) is 2.90. The average molecular weight is 523 g/mol. The number of aromatic hydroxyl groups is 1. The first-order valence-electron chi connectivity index (χ1n) is 13.0. The normalized spacial score (nSPS) is 25.8. The number of hydrogen-bond donors (Lipinski definition) is 1. The zero-order valence-electron chi connectivity index (χ0n) is 21.4. The lowest BCUT2D eigenvalue weighted by atomic mass is 9.56. The maximum atomic E-state index is 14.3. The second-order valence-electron chi connectivity index (χ2n) is 10.8. The fourth-order valence-corrected chi connectivity index (χ4v) is 7.06. The Morgan fingerprint density at radius 2 is 1.62 bits per heavy atom. The van der Waals surface area contributed by atoms with Crippen LogP contribution in [-0.4, -0.2) is 30.9 Å². The summed E-state index contributed by atoms with van der Waals surface area (Å²) in [6.45, 7) is 1.95.